The molecular formula is C20H21N3O2S. The van der Waals surface area contributed by atoms with Crippen LogP contribution < -0.4 is 10.0 Å². The number of hydrogen-bond donors (Lipinski definition) is 2. The molecule has 2 aromatic carbocycles. The largest absolute Gasteiger partial charge is 0.380 e. The number of aromatic nitrogens is 1. The van der Waals surface area contributed by atoms with Crippen LogP contribution in [0, 0.1) is 0 Å². The first kappa shape index (κ1) is 17.9. The van der Waals surface area contributed by atoms with Crippen molar-refractivity contribution in [3.63, 3.8) is 0 Å². The molecule has 0 fully saturated rings. The highest BCUT2D eigenvalue weighted by atomic mass is 32.2. The van der Waals surface area contributed by atoms with Gasteiger partial charge >= 0.3 is 0 Å². The van der Waals surface area contributed by atoms with E-state index >= 15 is 0 Å². The first-order valence-electron chi connectivity index (χ1n) is 8.42. The third-order valence-electron chi connectivity index (χ3n) is 3.98. The lowest BCUT2D eigenvalue weighted by Crippen LogP contribution is -2.14. The lowest BCUT2D eigenvalue weighted by atomic mass is 10.2. The predicted molar refractivity (Wildman–Crippen MR) is 105 cm³/mol. The van der Waals surface area contributed by atoms with Crippen molar-refractivity contribution in [1.82, 2.24) is 4.98 Å². The molecule has 0 radical (unpaired) electrons. The molecule has 3 rings (SSSR count). The van der Waals surface area contributed by atoms with E-state index in [1.807, 2.05) is 49.4 Å². The Morgan fingerprint density at radius 3 is 2.23 bits per heavy atom. The van der Waals surface area contributed by atoms with Gasteiger partial charge < -0.3 is 5.32 Å². The Hall–Kier alpha value is -2.86. The molecule has 1 heterocycles. The SMILES string of the molecule is CCc1ccc(S(=O)(=O)Nc2ccc(NCc3ccccc3)cn2)cc1. The minimum atomic E-state index is -3.64. The van der Waals surface area contributed by atoms with Crippen molar-refractivity contribution in [1.29, 1.82) is 0 Å². The van der Waals surface area contributed by atoms with Gasteiger partial charge in [-0.05, 0) is 41.8 Å². The van der Waals surface area contributed by atoms with E-state index in [1.165, 1.54) is 0 Å². The summed E-state index contributed by atoms with van der Waals surface area (Å²) in [6.45, 7) is 2.70. The van der Waals surface area contributed by atoms with Crippen molar-refractivity contribution in [2.75, 3.05) is 10.0 Å². The maximum atomic E-state index is 12.4. The third-order valence-corrected chi connectivity index (χ3v) is 5.35. The van der Waals surface area contributed by atoms with Gasteiger partial charge in [-0.25, -0.2) is 13.4 Å². The van der Waals surface area contributed by atoms with Crippen LogP contribution in [0.2, 0.25) is 0 Å². The van der Waals surface area contributed by atoms with Gasteiger partial charge in [-0.3, -0.25) is 4.72 Å². The topological polar surface area (TPSA) is 71.1 Å². The third kappa shape index (κ3) is 4.61. The number of nitrogens with zero attached hydrogens (tertiary/aromatic N) is 1. The highest BCUT2D eigenvalue weighted by Crippen LogP contribution is 2.17. The molecule has 0 amide bonds. The molecule has 0 saturated heterocycles. The van der Waals surface area contributed by atoms with E-state index in [-0.39, 0.29) is 10.7 Å². The fraction of sp³-hybridized carbons (Fsp3) is 0.150. The first-order valence-corrected chi connectivity index (χ1v) is 9.91. The van der Waals surface area contributed by atoms with Crippen LogP contribution in [0.25, 0.3) is 0 Å². The van der Waals surface area contributed by atoms with Gasteiger partial charge in [-0.15, -0.1) is 0 Å². The Kier molecular flexibility index (Phi) is 5.53. The van der Waals surface area contributed by atoms with Crippen molar-refractivity contribution in [2.45, 2.75) is 24.8 Å². The smallest absolute Gasteiger partial charge is 0.263 e. The van der Waals surface area contributed by atoms with Crippen LogP contribution in [0.4, 0.5) is 11.5 Å². The fourth-order valence-electron chi connectivity index (χ4n) is 2.46. The molecule has 3 aromatic rings. The Morgan fingerprint density at radius 2 is 1.62 bits per heavy atom. The molecule has 0 saturated carbocycles. The maximum absolute atomic E-state index is 12.4. The van der Waals surface area contributed by atoms with E-state index in [0.717, 1.165) is 23.2 Å². The zero-order valence-electron chi connectivity index (χ0n) is 14.5. The van der Waals surface area contributed by atoms with Gasteiger partial charge in [0.15, 0.2) is 0 Å². The van der Waals surface area contributed by atoms with Crippen molar-refractivity contribution in [3.05, 3.63) is 84.1 Å². The van der Waals surface area contributed by atoms with E-state index in [1.54, 1.807) is 30.5 Å². The van der Waals surface area contributed by atoms with Gasteiger partial charge in [0.25, 0.3) is 10.0 Å². The maximum Gasteiger partial charge on any atom is 0.263 e. The standard InChI is InChI=1S/C20H21N3O2S/c1-2-16-8-11-19(12-9-16)26(24,25)23-20-13-10-18(15-22-20)21-14-17-6-4-3-5-7-17/h3-13,15,21H,2,14H2,1H3,(H,22,23). The van der Waals surface area contributed by atoms with Gasteiger partial charge in [0.1, 0.15) is 5.82 Å². The number of benzene rings is 2. The number of pyridine rings is 1. The molecule has 1 aromatic heterocycles. The van der Waals surface area contributed by atoms with E-state index in [9.17, 15) is 8.42 Å². The Morgan fingerprint density at radius 1 is 0.885 bits per heavy atom. The summed E-state index contributed by atoms with van der Waals surface area (Å²) in [6.07, 6.45) is 2.48. The van der Waals surface area contributed by atoms with Crippen LogP contribution >= 0.6 is 0 Å². The molecule has 0 aliphatic carbocycles. The molecular weight excluding hydrogens is 346 g/mol. The Labute approximate surface area is 154 Å². The van der Waals surface area contributed by atoms with E-state index < -0.39 is 10.0 Å². The van der Waals surface area contributed by atoms with Crippen LogP contribution in [0.5, 0.6) is 0 Å². The first-order chi connectivity index (χ1) is 12.6. The number of hydrogen-bond acceptors (Lipinski definition) is 4. The van der Waals surface area contributed by atoms with Crippen molar-refractivity contribution >= 4 is 21.5 Å². The van der Waals surface area contributed by atoms with Gasteiger partial charge in [0.05, 0.1) is 16.8 Å². The second kappa shape index (κ2) is 8.01. The van der Waals surface area contributed by atoms with Crippen LogP contribution in [0.1, 0.15) is 18.1 Å². The van der Waals surface area contributed by atoms with E-state index in [4.69, 9.17) is 0 Å². The monoisotopic (exact) mass is 367 g/mol. The summed E-state index contributed by atoms with van der Waals surface area (Å²) in [5, 5.41) is 3.26. The molecule has 26 heavy (non-hydrogen) atoms. The minimum Gasteiger partial charge on any atom is -0.380 e. The predicted octanol–water partition coefficient (Wildman–Crippen LogP) is 4.06. The average molecular weight is 367 g/mol. The van der Waals surface area contributed by atoms with E-state index in [0.29, 0.717) is 6.54 Å². The quantitative estimate of drug-likeness (QED) is 0.661. The molecule has 5 nitrogen and oxygen atoms in total. The molecule has 0 bridgehead atoms. The second-order valence-corrected chi connectivity index (χ2v) is 7.56. The van der Waals surface area contributed by atoms with Crippen LogP contribution in [-0.4, -0.2) is 13.4 Å². The lowest BCUT2D eigenvalue weighted by Gasteiger charge is -2.10. The highest BCUT2D eigenvalue weighted by molar-refractivity contribution is 7.92. The molecule has 2 N–H and O–H groups in total. The fourth-order valence-corrected chi connectivity index (χ4v) is 3.47. The summed E-state index contributed by atoms with van der Waals surface area (Å²) in [4.78, 5) is 4.41. The number of anilines is 2. The summed E-state index contributed by atoms with van der Waals surface area (Å²) in [6, 6.07) is 20.3. The lowest BCUT2D eigenvalue weighted by molar-refractivity contribution is 0.601. The molecule has 0 unspecified atom stereocenters. The molecule has 0 aliphatic heterocycles. The zero-order chi connectivity index (χ0) is 18.4. The minimum absolute atomic E-state index is 0.225. The Bertz CT molecular complexity index is 939. The molecule has 0 aliphatic rings. The molecule has 0 spiro atoms. The second-order valence-electron chi connectivity index (χ2n) is 5.87. The van der Waals surface area contributed by atoms with Crippen molar-refractivity contribution < 1.29 is 8.42 Å². The van der Waals surface area contributed by atoms with Crippen molar-refractivity contribution in [3.8, 4) is 0 Å². The molecule has 0 atom stereocenters. The van der Waals surface area contributed by atoms with Crippen LogP contribution in [-0.2, 0) is 23.0 Å². The van der Waals surface area contributed by atoms with Crippen molar-refractivity contribution in [2.24, 2.45) is 0 Å². The summed E-state index contributed by atoms with van der Waals surface area (Å²) in [7, 11) is -3.64. The van der Waals surface area contributed by atoms with Gasteiger partial charge in [0, 0.05) is 6.54 Å². The highest BCUT2D eigenvalue weighted by Gasteiger charge is 2.14. The van der Waals surface area contributed by atoms with Crippen LogP contribution in [0.3, 0.4) is 0 Å². The number of sulfonamides is 1. The van der Waals surface area contributed by atoms with E-state index in [2.05, 4.69) is 15.0 Å². The summed E-state index contributed by atoms with van der Waals surface area (Å²) >= 11 is 0. The summed E-state index contributed by atoms with van der Waals surface area (Å²) in [5.74, 6) is 0.287. The molecule has 6 heteroatoms. The van der Waals surface area contributed by atoms with Crippen LogP contribution in [0.15, 0.2) is 77.8 Å². The average Bonchev–Trinajstić information content (AvgIpc) is 2.68. The number of rotatable bonds is 7. The zero-order valence-corrected chi connectivity index (χ0v) is 15.3. The Balaban J connectivity index is 1.64. The number of aryl methyl sites for hydroxylation is 1. The van der Waals surface area contributed by atoms with Gasteiger partial charge in [0.2, 0.25) is 0 Å². The normalized spacial score (nSPS) is 11.1. The summed E-state index contributed by atoms with van der Waals surface area (Å²) < 4.78 is 27.4. The van der Waals surface area contributed by atoms with Gasteiger partial charge in [-0.1, -0.05) is 49.4 Å². The molecule has 134 valence electrons. The number of nitrogens with one attached hydrogen (secondary N) is 2. The summed E-state index contributed by atoms with van der Waals surface area (Å²) in [5.41, 5.74) is 3.08. The van der Waals surface area contributed by atoms with Gasteiger partial charge in [-0.2, -0.15) is 0 Å².